The van der Waals surface area contributed by atoms with E-state index in [1.54, 1.807) is 0 Å². The summed E-state index contributed by atoms with van der Waals surface area (Å²) in [6, 6.07) is 0.429. The number of aromatic amines is 1. The highest BCUT2D eigenvalue weighted by molar-refractivity contribution is 5.90. The van der Waals surface area contributed by atoms with Crippen LogP contribution in [0.1, 0.15) is 61.9 Å². The maximum atomic E-state index is 12.6. The van der Waals surface area contributed by atoms with Crippen molar-refractivity contribution in [2.75, 3.05) is 6.54 Å². The van der Waals surface area contributed by atoms with Gasteiger partial charge in [-0.3, -0.25) is 9.89 Å². The molecule has 1 N–H and O–H groups in total. The lowest BCUT2D eigenvalue weighted by atomic mass is 9.78. The summed E-state index contributed by atoms with van der Waals surface area (Å²) in [5.74, 6) is 1.87. The number of nitrogens with zero attached hydrogens (tertiary/aromatic N) is 3. The van der Waals surface area contributed by atoms with E-state index in [-0.39, 0.29) is 5.91 Å². The Kier molecular flexibility index (Phi) is 3.53. The number of aromatic nitrogens is 3. The van der Waals surface area contributed by atoms with Gasteiger partial charge in [-0.1, -0.05) is 19.8 Å². The molecule has 1 saturated carbocycles. The Hall–Kier alpha value is -1.39. The molecule has 0 spiro atoms. The molecule has 1 saturated heterocycles. The number of fused-ring (bicyclic) bond motifs is 1. The molecular formula is C14H22N4O. The van der Waals surface area contributed by atoms with Gasteiger partial charge in [0, 0.05) is 19.0 Å². The second-order valence-electron chi connectivity index (χ2n) is 5.71. The number of amides is 1. The van der Waals surface area contributed by atoms with Gasteiger partial charge in [0.1, 0.15) is 5.82 Å². The van der Waals surface area contributed by atoms with Crippen LogP contribution in [0.15, 0.2) is 0 Å². The van der Waals surface area contributed by atoms with Crippen LogP contribution in [0.3, 0.4) is 0 Å². The van der Waals surface area contributed by atoms with Crippen molar-refractivity contribution in [1.82, 2.24) is 20.1 Å². The highest BCUT2D eigenvalue weighted by Gasteiger charge is 2.37. The van der Waals surface area contributed by atoms with E-state index in [1.807, 2.05) is 11.8 Å². The maximum absolute atomic E-state index is 12.6. The Morgan fingerprint density at radius 1 is 1.32 bits per heavy atom. The molecule has 3 rings (SSSR count). The first-order chi connectivity index (χ1) is 9.29. The number of carbonyl (C=O) groups excluding carboxylic acids is 1. The van der Waals surface area contributed by atoms with E-state index in [9.17, 15) is 4.79 Å². The van der Waals surface area contributed by atoms with Gasteiger partial charge in [0.15, 0.2) is 0 Å². The largest absolute Gasteiger partial charge is 0.333 e. The van der Waals surface area contributed by atoms with Crippen molar-refractivity contribution in [3.8, 4) is 0 Å². The van der Waals surface area contributed by atoms with Gasteiger partial charge in [0.2, 0.25) is 5.82 Å². The second-order valence-corrected chi connectivity index (χ2v) is 5.71. The molecular weight excluding hydrogens is 240 g/mol. The molecule has 5 heteroatoms. The molecule has 0 radical (unpaired) electrons. The molecule has 0 unspecified atom stereocenters. The second kappa shape index (κ2) is 5.31. The molecule has 19 heavy (non-hydrogen) atoms. The van der Waals surface area contributed by atoms with Crippen LogP contribution in [-0.4, -0.2) is 38.6 Å². The predicted molar refractivity (Wildman–Crippen MR) is 71.8 cm³/mol. The Balaban J connectivity index is 1.77. The molecule has 104 valence electrons. The minimum Gasteiger partial charge on any atom is -0.333 e. The zero-order valence-electron chi connectivity index (χ0n) is 11.6. The van der Waals surface area contributed by atoms with Crippen molar-refractivity contribution in [3.05, 3.63) is 11.6 Å². The van der Waals surface area contributed by atoms with E-state index in [1.165, 1.54) is 25.7 Å². The molecule has 2 heterocycles. The summed E-state index contributed by atoms with van der Waals surface area (Å²) in [7, 11) is 0. The molecule has 0 bridgehead atoms. The summed E-state index contributed by atoms with van der Waals surface area (Å²) in [6.07, 6.45) is 8.19. The molecule has 2 fully saturated rings. The third-order valence-electron chi connectivity index (χ3n) is 4.56. The molecule has 1 aliphatic carbocycles. The SMILES string of the molecule is CCc1nc(C(=O)N2CCC[C@H]3CCCC[C@H]32)n[nH]1. The highest BCUT2D eigenvalue weighted by Crippen LogP contribution is 2.35. The number of hydrogen-bond acceptors (Lipinski definition) is 3. The van der Waals surface area contributed by atoms with Crippen molar-refractivity contribution in [3.63, 3.8) is 0 Å². The van der Waals surface area contributed by atoms with E-state index in [2.05, 4.69) is 15.2 Å². The van der Waals surface area contributed by atoms with Crippen LogP contribution in [0, 0.1) is 5.92 Å². The van der Waals surface area contributed by atoms with Gasteiger partial charge in [-0.15, -0.1) is 5.10 Å². The molecule has 1 aromatic rings. The van der Waals surface area contributed by atoms with E-state index in [4.69, 9.17) is 0 Å². The normalized spacial score (nSPS) is 27.1. The Labute approximate surface area is 113 Å². The van der Waals surface area contributed by atoms with Crippen LogP contribution in [0.5, 0.6) is 0 Å². The van der Waals surface area contributed by atoms with Crippen molar-refractivity contribution >= 4 is 5.91 Å². The highest BCUT2D eigenvalue weighted by atomic mass is 16.2. The average Bonchev–Trinajstić information content (AvgIpc) is 2.95. The van der Waals surface area contributed by atoms with Gasteiger partial charge >= 0.3 is 0 Å². The summed E-state index contributed by atoms with van der Waals surface area (Å²) in [6.45, 7) is 2.88. The van der Waals surface area contributed by atoms with Gasteiger partial charge in [-0.05, 0) is 31.6 Å². The summed E-state index contributed by atoms with van der Waals surface area (Å²) in [5, 5.41) is 6.91. The zero-order valence-corrected chi connectivity index (χ0v) is 11.6. The van der Waals surface area contributed by atoms with Crippen LogP contribution in [0.25, 0.3) is 0 Å². The number of hydrogen-bond donors (Lipinski definition) is 1. The first-order valence-corrected chi connectivity index (χ1v) is 7.52. The predicted octanol–water partition coefficient (Wildman–Crippen LogP) is 2.16. The number of piperidine rings is 1. The molecule has 0 aromatic carbocycles. The standard InChI is InChI=1S/C14H22N4O/c1-2-12-15-13(17-16-12)14(19)18-9-5-7-10-6-3-4-8-11(10)18/h10-11H,2-9H2,1H3,(H,15,16,17)/t10-,11-/m1/s1. The van der Waals surface area contributed by atoms with E-state index < -0.39 is 0 Å². The summed E-state index contributed by atoms with van der Waals surface area (Å²) >= 11 is 0. The molecule has 2 aliphatic rings. The van der Waals surface area contributed by atoms with Crippen molar-refractivity contribution in [2.24, 2.45) is 5.92 Å². The van der Waals surface area contributed by atoms with Gasteiger partial charge in [0.25, 0.3) is 5.91 Å². The van der Waals surface area contributed by atoms with Crippen LogP contribution in [0.4, 0.5) is 0 Å². The van der Waals surface area contributed by atoms with Crippen molar-refractivity contribution < 1.29 is 4.79 Å². The van der Waals surface area contributed by atoms with Gasteiger partial charge in [-0.25, -0.2) is 4.98 Å². The number of carbonyl (C=O) groups is 1. The van der Waals surface area contributed by atoms with E-state index >= 15 is 0 Å². The number of aryl methyl sites for hydroxylation is 1. The fourth-order valence-corrected chi connectivity index (χ4v) is 3.55. The molecule has 1 aromatic heterocycles. The monoisotopic (exact) mass is 262 g/mol. The van der Waals surface area contributed by atoms with Gasteiger partial charge in [-0.2, -0.15) is 0 Å². The zero-order chi connectivity index (χ0) is 13.2. The Morgan fingerprint density at radius 2 is 2.11 bits per heavy atom. The van der Waals surface area contributed by atoms with Gasteiger partial charge < -0.3 is 4.90 Å². The van der Waals surface area contributed by atoms with E-state index in [0.29, 0.717) is 17.8 Å². The Bertz CT molecular complexity index is 454. The molecule has 5 nitrogen and oxygen atoms in total. The molecule has 2 atom stereocenters. The van der Waals surface area contributed by atoms with Crippen LogP contribution in [-0.2, 0) is 6.42 Å². The average molecular weight is 262 g/mol. The molecule has 1 amide bonds. The van der Waals surface area contributed by atoms with Crippen molar-refractivity contribution in [1.29, 1.82) is 0 Å². The van der Waals surface area contributed by atoms with Crippen molar-refractivity contribution in [2.45, 2.75) is 57.9 Å². The lowest BCUT2D eigenvalue weighted by Gasteiger charge is -2.43. The van der Waals surface area contributed by atoms with Gasteiger partial charge in [0.05, 0.1) is 0 Å². The Morgan fingerprint density at radius 3 is 2.89 bits per heavy atom. The summed E-state index contributed by atoms with van der Waals surface area (Å²) in [4.78, 5) is 18.9. The summed E-state index contributed by atoms with van der Waals surface area (Å²) < 4.78 is 0. The fourth-order valence-electron chi connectivity index (χ4n) is 3.55. The number of likely N-dealkylation sites (tertiary alicyclic amines) is 1. The van der Waals surface area contributed by atoms with Crippen LogP contribution >= 0.6 is 0 Å². The first kappa shape index (κ1) is 12.6. The summed E-state index contributed by atoms with van der Waals surface area (Å²) in [5.41, 5.74) is 0. The number of nitrogens with one attached hydrogen (secondary N) is 1. The van der Waals surface area contributed by atoms with Crippen LogP contribution in [0.2, 0.25) is 0 Å². The number of H-pyrrole nitrogens is 1. The third kappa shape index (κ3) is 2.38. The number of rotatable bonds is 2. The minimum atomic E-state index is 0.0209. The first-order valence-electron chi connectivity index (χ1n) is 7.52. The van der Waals surface area contributed by atoms with Crippen LogP contribution < -0.4 is 0 Å². The topological polar surface area (TPSA) is 61.9 Å². The minimum absolute atomic E-state index is 0.0209. The third-order valence-corrected chi connectivity index (χ3v) is 4.56. The lowest BCUT2D eigenvalue weighted by molar-refractivity contribution is 0.0380. The lowest BCUT2D eigenvalue weighted by Crippen LogP contribution is -2.49. The quantitative estimate of drug-likeness (QED) is 0.888. The maximum Gasteiger partial charge on any atom is 0.293 e. The fraction of sp³-hybridized carbons (Fsp3) is 0.786. The molecule has 1 aliphatic heterocycles. The van der Waals surface area contributed by atoms with E-state index in [0.717, 1.165) is 31.6 Å². The smallest absolute Gasteiger partial charge is 0.293 e.